The van der Waals surface area contributed by atoms with E-state index in [1.165, 1.54) is 44.1 Å². The molecule has 0 spiro atoms. The molecule has 1 atom stereocenters. The third-order valence-electron chi connectivity index (χ3n) is 5.48. The van der Waals surface area contributed by atoms with Crippen LogP contribution in [0.3, 0.4) is 0 Å². The molecule has 2 fully saturated rings. The number of aromatic nitrogens is 2. The van der Waals surface area contributed by atoms with Gasteiger partial charge in [0.2, 0.25) is 0 Å². The van der Waals surface area contributed by atoms with Gasteiger partial charge in [-0.25, -0.2) is 0 Å². The second-order valence-electron chi connectivity index (χ2n) is 7.42. The number of aliphatic hydroxyl groups is 1. The Balaban J connectivity index is 1.44. The van der Waals surface area contributed by atoms with Crippen LogP contribution >= 0.6 is 0 Å². The lowest BCUT2D eigenvalue weighted by Crippen LogP contribution is -2.39. The number of hydrogen-bond acceptors (Lipinski definition) is 4. The molecule has 2 heterocycles. The Morgan fingerprint density at radius 2 is 1.83 bits per heavy atom. The minimum absolute atomic E-state index is 0.125. The maximum Gasteiger partial charge on any atom is 0.0695 e. The number of aliphatic hydroxyl groups excluding tert-OH is 1. The standard InChI is InChI=1S/C18H32N4O/c1-20-13-16(12-19-20)14-21-8-5-9-22(11-10-21)15-18(23)17-6-3-2-4-7-17/h12-13,17-18,23H,2-11,14-15H2,1H3. The Kier molecular flexibility index (Phi) is 6.08. The first-order valence-electron chi connectivity index (χ1n) is 9.31. The highest BCUT2D eigenvalue weighted by molar-refractivity contribution is 5.03. The van der Waals surface area contributed by atoms with Crippen molar-refractivity contribution in [2.45, 2.75) is 51.2 Å². The minimum Gasteiger partial charge on any atom is -0.392 e. The van der Waals surface area contributed by atoms with Crippen LogP contribution < -0.4 is 0 Å². The van der Waals surface area contributed by atoms with Crippen molar-refractivity contribution >= 4 is 0 Å². The molecular weight excluding hydrogens is 288 g/mol. The first kappa shape index (κ1) is 16.9. The van der Waals surface area contributed by atoms with Gasteiger partial charge in [0, 0.05) is 45.0 Å². The van der Waals surface area contributed by atoms with Gasteiger partial charge in [-0.1, -0.05) is 19.3 Å². The van der Waals surface area contributed by atoms with Crippen LogP contribution in [0.5, 0.6) is 0 Å². The van der Waals surface area contributed by atoms with Gasteiger partial charge >= 0.3 is 0 Å². The lowest BCUT2D eigenvalue weighted by Gasteiger charge is -2.31. The Bertz CT molecular complexity index is 469. The fraction of sp³-hybridized carbons (Fsp3) is 0.833. The zero-order chi connectivity index (χ0) is 16.1. The molecule has 0 radical (unpaired) electrons. The van der Waals surface area contributed by atoms with Crippen LogP contribution in [0.2, 0.25) is 0 Å². The number of β-amino-alcohol motifs (C(OH)–C–C–N with tert-alkyl or cyclic N) is 1. The molecule has 1 saturated carbocycles. The summed E-state index contributed by atoms with van der Waals surface area (Å²) in [5.74, 6) is 0.540. The van der Waals surface area contributed by atoms with Gasteiger partial charge in [0.1, 0.15) is 0 Å². The summed E-state index contributed by atoms with van der Waals surface area (Å²) < 4.78 is 1.87. The topological polar surface area (TPSA) is 44.5 Å². The molecule has 1 aromatic rings. The second kappa shape index (κ2) is 8.27. The van der Waals surface area contributed by atoms with E-state index in [-0.39, 0.29) is 6.10 Å². The van der Waals surface area contributed by atoms with E-state index in [1.807, 2.05) is 17.9 Å². The SMILES string of the molecule is Cn1cc(CN2CCCN(CC(O)C3CCCCC3)CC2)cn1. The lowest BCUT2D eigenvalue weighted by atomic mass is 9.85. The van der Waals surface area contributed by atoms with Crippen molar-refractivity contribution < 1.29 is 5.11 Å². The van der Waals surface area contributed by atoms with Gasteiger partial charge in [-0.05, 0) is 38.3 Å². The fourth-order valence-corrected chi connectivity index (χ4v) is 4.11. The molecule has 130 valence electrons. The summed E-state index contributed by atoms with van der Waals surface area (Å²) in [7, 11) is 1.97. The lowest BCUT2D eigenvalue weighted by molar-refractivity contribution is 0.0486. The van der Waals surface area contributed by atoms with Crippen LogP contribution in [0.4, 0.5) is 0 Å². The summed E-state index contributed by atoms with van der Waals surface area (Å²) in [5, 5.41) is 14.8. The minimum atomic E-state index is -0.125. The van der Waals surface area contributed by atoms with E-state index >= 15 is 0 Å². The molecule has 3 rings (SSSR count). The molecule has 5 nitrogen and oxygen atoms in total. The molecule has 1 saturated heterocycles. The predicted molar refractivity (Wildman–Crippen MR) is 92.1 cm³/mol. The van der Waals surface area contributed by atoms with E-state index in [2.05, 4.69) is 21.1 Å². The Morgan fingerprint density at radius 1 is 1.09 bits per heavy atom. The molecule has 5 heteroatoms. The second-order valence-corrected chi connectivity index (χ2v) is 7.42. The monoisotopic (exact) mass is 320 g/mol. The molecular formula is C18H32N4O. The van der Waals surface area contributed by atoms with Gasteiger partial charge in [-0.15, -0.1) is 0 Å². The van der Waals surface area contributed by atoms with E-state index in [9.17, 15) is 5.11 Å². The zero-order valence-electron chi connectivity index (χ0n) is 14.5. The van der Waals surface area contributed by atoms with Crippen LogP contribution in [0.25, 0.3) is 0 Å². The molecule has 0 aromatic carbocycles. The van der Waals surface area contributed by atoms with E-state index in [0.717, 1.165) is 39.3 Å². The van der Waals surface area contributed by atoms with E-state index in [0.29, 0.717) is 5.92 Å². The smallest absolute Gasteiger partial charge is 0.0695 e. The molecule has 1 unspecified atom stereocenters. The van der Waals surface area contributed by atoms with Crippen molar-refractivity contribution in [1.82, 2.24) is 19.6 Å². The summed E-state index contributed by atoms with van der Waals surface area (Å²) in [6.07, 6.45) is 11.6. The maximum absolute atomic E-state index is 10.6. The van der Waals surface area contributed by atoms with Crippen LogP contribution in [0, 0.1) is 5.92 Å². The number of hydrogen-bond donors (Lipinski definition) is 1. The molecule has 1 aliphatic heterocycles. The van der Waals surface area contributed by atoms with Crippen molar-refractivity contribution in [1.29, 1.82) is 0 Å². The van der Waals surface area contributed by atoms with Crippen molar-refractivity contribution in [2.24, 2.45) is 13.0 Å². The van der Waals surface area contributed by atoms with Crippen molar-refractivity contribution in [3.8, 4) is 0 Å². The fourth-order valence-electron chi connectivity index (χ4n) is 4.11. The Labute approximate surface area is 140 Å². The van der Waals surface area contributed by atoms with Crippen molar-refractivity contribution in [3.63, 3.8) is 0 Å². The molecule has 23 heavy (non-hydrogen) atoms. The molecule has 0 bridgehead atoms. The van der Waals surface area contributed by atoms with Gasteiger partial charge in [-0.2, -0.15) is 5.10 Å². The highest BCUT2D eigenvalue weighted by atomic mass is 16.3. The number of aryl methyl sites for hydroxylation is 1. The van der Waals surface area contributed by atoms with Crippen LogP contribution in [0.1, 0.15) is 44.1 Å². The Hall–Kier alpha value is -0.910. The van der Waals surface area contributed by atoms with E-state index in [4.69, 9.17) is 0 Å². The summed E-state index contributed by atoms with van der Waals surface area (Å²) in [5.41, 5.74) is 1.29. The maximum atomic E-state index is 10.6. The van der Waals surface area contributed by atoms with Gasteiger partial charge in [0.25, 0.3) is 0 Å². The average molecular weight is 320 g/mol. The third kappa shape index (κ3) is 5.03. The zero-order valence-corrected chi connectivity index (χ0v) is 14.5. The molecule has 2 aliphatic rings. The van der Waals surface area contributed by atoms with Gasteiger partial charge in [-0.3, -0.25) is 14.5 Å². The van der Waals surface area contributed by atoms with Crippen LogP contribution in [0.15, 0.2) is 12.4 Å². The molecule has 1 aromatic heterocycles. The van der Waals surface area contributed by atoms with E-state index in [1.54, 1.807) is 0 Å². The highest BCUT2D eigenvalue weighted by Gasteiger charge is 2.24. The van der Waals surface area contributed by atoms with Gasteiger partial charge in [0.05, 0.1) is 12.3 Å². The molecule has 0 amide bonds. The molecule has 1 N–H and O–H groups in total. The van der Waals surface area contributed by atoms with Gasteiger partial charge in [0.15, 0.2) is 0 Å². The van der Waals surface area contributed by atoms with E-state index < -0.39 is 0 Å². The number of rotatable bonds is 5. The van der Waals surface area contributed by atoms with Crippen LogP contribution in [-0.2, 0) is 13.6 Å². The first-order valence-corrected chi connectivity index (χ1v) is 9.31. The highest BCUT2D eigenvalue weighted by Crippen LogP contribution is 2.27. The number of nitrogens with zero attached hydrogens (tertiary/aromatic N) is 4. The summed E-state index contributed by atoms with van der Waals surface area (Å²) in [6.45, 7) is 6.28. The predicted octanol–water partition coefficient (Wildman–Crippen LogP) is 1.87. The summed E-state index contributed by atoms with van der Waals surface area (Å²) in [6, 6.07) is 0. The average Bonchev–Trinajstić information content (AvgIpc) is 2.84. The summed E-state index contributed by atoms with van der Waals surface area (Å²) >= 11 is 0. The summed E-state index contributed by atoms with van der Waals surface area (Å²) in [4.78, 5) is 4.99. The first-order chi connectivity index (χ1) is 11.2. The largest absolute Gasteiger partial charge is 0.392 e. The van der Waals surface area contributed by atoms with Crippen molar-refractivity contribution in [3.05, 3.63) is 18.0 Å². The van der Waals surface area contributed by atoms with Crippen molar-refractivity contribution in [2.75, 3.05) is 32.7 Å². The third-order valence-corrected chi connectivity index (χ3v) is 5.48. The molecule has 1 aliphatic carbocycles. The van der Waals surface area contributed by atoms with Crippen LogP contribution in [-0.4, -0.2) is 63.5 Å². The van der Waals surface area contributed by atoms with Gasteiger partial charge < -0.3 is 5.11 Å². The normalized spacial score (nSPS) is 23.7. The quantitative estimate of drug-likeness (QED) is 0.899. The Morgan fingerprint density at radius 3 is 2.57 bits per heavy atom.